The number of benzene rings is 1. The van der Waals surface area contributed by atoms with Gasteiger partial charge in [-0.3, -0.25) is 4.79 Å². The summed E-state index contributed by atoms with van der Waals surface area (Å²) >= 11 is 0. The van der Waals surface area contributed by atoms with Crippen molar-refractivity contribution < 1.29 is 9.53 Å². The largest absolute Gasteiger partial charge is 0.493 e. The lowest BCUT2D eigenvalue weighted by Gasteiger charge is -2.20. The van der Waals surface area contributed by atoms with Crippen molar-refractivity contribution in [2.75, 3.05) is 18.5 Å². The van der Waals surface area contributed by atoms with Crippen molar-refractivity contribution >= 4 is 11.6 Å². The molecule has 0 spiro atoms. The maximum Gasteiger partial charge on any atom is 0.225 e. The van der Waals surface area contributed by atoms with Crippen molar-refractivity contribution in [2.24, 2.45) is 0 Å². The lowest BCUT2D eigenvalue weighted by molar-refractivity contribution is -0.116. The number of ether oxygens (including phenoxy) is 1. The number of carbonyl (C=O) groups excluding carboxylic acids is 1. The first kappa shape index (κ1) is 13.9. The Morgan fingerprint density at radius 3 is 2.89 bits per heavy atom. The number of anilines is 1. The Morgan fingerprint density at radius 2 is 2.16 bits per heavy atom. The van der Waals surface area contributed by atoms with Gasteiger partial charge in [0.2, 0.25) is 5.91 Å². The van der Waals surface area contributed by atoms with Gasteiger partial charge in [0, 0.05) is 30.6 Å². The van der Waals surface area contributed by atoms with E-state index in [1.807, 2.05) is 18.2 Å². The molecule has 2 N–H and O–H groups in total. The van der Waals surface area contributed by atoms with Gasteiger partial charge in [-0.1, -0.05) is 0 Å². The fourth-order valence-electron chi connectivity index (χ4n) is 2.04. The van der Waals surface area contributed by atoms with Crippen LogP contribution in [0.1, 0.15) is 32.8 Å². The van der Waals surface area contributed by atoms with Crippen molar-refractivity contribution in [3.05, 3.63) is 23.8 Å². The molecule has 0 radical (unpaired) electrons. The Kier molecular flexibility index (Phi) is 4.10. The average Bonchev–Trinajstić information content (AvgIpc) is 2.74. The van der Waals surface area contributed by atoms with Crippen molar-refractivity contribution in [1.29, 1.82) is 0 Å². The van der Waals surface area contributed by atoms with E-state index in [-0.39, 0.29) is 11.4 Å². The summed E-state index contributed by atoms with van der Waals surface area (Å²) in [5, 5.41) is 6.22. The number of hydrogen-bond donors (Lipinski definition) is 2. The van der Waals surface area contributed by atoms with Crippen LogP contribution < -0.4 is 15.4 Å². The number of rotatable bonds is 4. The Morgan fingerprint density at radius 1 is 1.37 bits per heavy atom. The topological polar surface area (TPSA) is 50.4 Å². The van der Waals surface area contributed by atoms with E-state index in [4.69, 9.17) is 4.74 Å². The van der Waals surface area contributed by atoms with Crippen molar-refractivity contribution in [1.82, 2.24) is 5.32 Å². The molecule has 1 heterocycles. The van der Waals surface area contributed by atoms with Gasteiger partial charge in [-0.25, -0.2) is 0 Å². The quantitative estimate of drug-likeness (QED) is 0.875. The Bertz CT molecular complexity index is 464. The van der Waals surface area contributed by atoms with Gasteiger partial charge in [-0.2, -0.15) is 0 Å². The molecule has 19 heavy (non-hydrogen) atoms. The minimum atomic E-state index is 0.0376. The SMILES string of the molecule is CC(C)(C)NCCC(=O)Nc1ccc2c(c1)CCO2. The van der Waals surface area contributed by atoms with Gasteiger partial charge < -0.3 is 15.4 Å². The predicted molar refractivity (Wildman–Crippen MR) is 76.6 cm³/mol. The Hall–Kier alpha value is -1.55. The third-order valence-electron chi connectivity index (χ3n) is 2.98. The van der Waals surface area contributed by atoms with Gasteiger partial charge >= 0.3 is 0 Å². The van der Waals surface area contributed by atoms with Crippen LogP contribution in [0.4, 0.5) is 5.69 Å². The summed E-state index contributed by atoms with van der Waals surface area (Å²) < 4.78 is 5.44. The number of carbonyl (C=O) groups is 1. The molecule has 0 bridgehead atoms. The molecule has 1 aromatic rings. The van der Waals surface area contributed by atoms with Crippen molar-refractivity contribution in [2.45, 2.75) is 39.2 Å². The second-order valence-corrected chi connectivity index (χ2v) is 5.90. The molecule has 2 rings (SSSR count). The van der Waals surface area contributed by atoms with Gasteiger partial charge in [-0.05, 0) is 44.5 Å². The van der Waals surface area contributed by atoms with Crippen LogP contribution in [0.3, 0.4) is 0 Å². The van der Waals surface area contributed by atoms with Gasteiger partial charge in [0.1, 0.15) is 5.75 Å². The van der Waals surface area contributed by atoms with Crippen molar-refractivity contribution in [3.63, 3.8) is 0 Å². The Balaban J connectivity index is 1.82. The zero-order valence-electron chi connectivity index (χ0n) is 11.9. The summed E-state index contributed by atoms with van der Waals surface area (Å²) in [6.07, 6.45) is 1.40. The first-order chi connectivity index (χ1) is 8.94. The van der Waals surface area contributed by atoms with E-state index in [0.717, 1.165) is 24.5 Å². The minimum absolute atomic E-state index is 0.0376. The number of amides is 1. The van der Waals surface area contributed by atoms with E-state index in [2.05, 4.69) is 31.4 Å². The molecule has 0 fully saturated rings. The highest BCUT2D eigenvalue weighted by atomic mass is 16.5. The maximum absolute atomic E-state index is 11.8. The summed E-state index contributed by atoms with van der Waals surface area (Å²) in [6, 6.07) is 5.81. The zero-order valence-corrected chi connectivity index (χ0v) is 11.9. The van der Waals surface area contributed by atoms with E-state index in [1.54, 1.807) is 0 Å². The highest BCUT2D eigenvalue weighted by molar-refractivity contribution is 5.91. The van der Waals surface area contributed by atoms with Crippen LogP contribution in [-0.4, -0.2) is 24.6 Å². The van der Waals surface area contributed by atoms with E-state index < -0.39 is 0 Å². The highest BCUT2D eigenvalue weighted by Crippen LogP contribution is 2.27. The molecular weight excluding hydrogens is 240 g/mol. The van der Waals surface area contributed by atoms with Crippen LogP contribution in [0.15, 0.2) is 18.2 Å². The molecular formula is C15H22N2O2. The lowest BCUT2D eigenvalue weighted by atomic mass is 10.1. The van der Waals surface area contributed by atoms with Gasteiger partial charge in [-0.15, -0.1) is 0 Å². The molecule has 0 saturated carbocycles. The normalized spacial score (nSPS) is 13.8. The minimum Gasteiger partial charge on any atom is -0.493 e. The Labute approximate surface area is 114 Å². The first-order valence-electron chi connectivity index (χ1n) is 6.75. The molecule has 1 aliphatic rings. The number of hydrogen-bond acceptors (Lipinski definition) is 3. The molecule has 0 unspecified atom stereocenters. The fraction of sp³-hybridized carbons (Fsp3) is 0.533. The lowest BCUT2D eigenvalue weighted by Crippen LogP contribution is -2.37. The zero-order chi connectivity index (χ0) is 13.9. The molecule has 0 aliphatic carbocycles. The molecule has 1 aliphatic heterocycles. The second kappa shape index (κ2) is 5.61. The van der Waals surface area contributed by atoms with Gasteiger partial charge in [0.05, 0.1) is 6.61 Å². The molecule has 1 amide bonds. The van der Waals surface area contributed by atoms with Crippen LogP contribution in [-0.2, 0) is 11.2 Å². The van der Waals surface area contributed by atoms with Crippen LogP contribution >= 0.6 is 0 Å². The summed E-state index contributed by atoms with van der Waals surface area (Å²) in [6.45, 7) is 7.69. The third kappa shape index (κ3) is 4.24. The first-order valence-corrected chi connectivity index (χ1v) is 6.75. The second-order valence-electron chi connectivity index (χ2n) is 5.90. The maximum atomic E-state index is 11.8. The van der Waals surface area contributed by atoms with Crippen LogP contribution in [0.25, 0.3) is 0 Å². The fourth-order valence-corrected chi connectivity index (χ4v) is 2.04. The number of nitrogens with one attached hydrogen (secondary N) is 2. The third-order valence-corrected chi connectivity index (χ3v) is 2.98. The highest BCUT2D eigenvalue weighted by Gasteiger charge is 2.13. The molecule has 4 nitrogen and oxygen atoms in total. The van der Waals surface area contributed by atoms with E-state index in [1.165, 1.54) is 5.56 Å². The van der Waals surface area contributed by atoms with Gasteiger partial charge in [0.25, 0.3) is 0 Å². The average molecular weight is 262 g/mol. The van der Waals surface area contributed by atoms with Crippen LogP contribution in [0, 0.1) is 0 Å². The molecule has 0 atom stereocenters. The standard InChI is InChI=1S/C15H22N2O2/c1-15(2,3)16-8-6-14(18)17-12-4-5-13-11(10-12)7-9-19-13/h4-5,10,16H,6-9H2,1-3H3,(H,17,18). The summed E-state index contributed by atoms with van der Waals surface area (Å²) in [5.74, 6) is 0.975. The summed E-state index contributed by atoms with van der Waals surface area (Å²) in [4.78, 5) is 11.8. The van der Waals surface area contributed by atoms with Crippen molar-refractivity contribution in [3.8, 4) is 5.75 Å². The van der Waals surface area contributed by atoms with E-state index >= 15 is 0 Å². The van der Waals surface area contributed by atoms with Crippen LogP contribution in [0.2, 0.25) is 0 Å². The monoisotopic (exact) mass is 262 g/mol. The molecule has 0 saturated heterocycles. The van der Waals surface area contributed by atoms with Crippen LogP contribution in [0.5, 0.6) is 5.75 Å². The molecule has 104 valence electrons. The smallest absolute Gasteiger partial charge is 0.225 e. The molecule has 1 aromatic carbocycles. The molecule has 4 heteroatoms. The number of fused-ring (bicyclic) bond motifs is 1. The summed E-state index contributed by atoms with van der Waals surface area (Å²) in [5.41, 5.74) is 2.07. The molecule has 0 aromatic heterocycles. The van der Waals surface area contributed by atoms with E-state index in [0.29, 0.717) is 13.0 Å². The predicted octanol–water partition coefficient (Wildman–Crippen LogP) is 2.34. The van der Waals surface area contributed by atoms with Gasteiger partial charge in [0.15, 0.2) is 0 Å². The van der Waals surface area contributed by atoms with E-state index in [9.17, 15) is 4.79 Å². The summed E-state index contributed by atoms with van der Waals surface area (Å²) in [7, 11) is 0.